The molecule has 4 rings (SSSR count). The zero-order valence-corrected chi connectivity index (χ0v) is 16.9. The number of hydrogen-bond acceptors (Lipinski definition) is 4. The Kier molecular flexibility index (Phi) is 4.47. The minimum absolute atomic E-state index is 0.0907. The summed E-state index contributed by atoms with van der Waals surface area (Å²) in [7, 11) is 0. The molecule has 2 aliphatic rings. The van der Waals surface area contributed by atoms with Crippen LogP contribution in [0, 0.1) is 22.6 Å². The lowest BCUT2D eigenvalue weighted by Crippen LogP contribution is -2.36. The van der Waals surface area contributed by atoms with Crippen molar-refractivity contribution < 1.29 is 9.18 Å². The van der Waals surface area contributed by atoms with Gasteiger partial charge in [-0.15, -0.1) is 11.3 Å². The van der Waals surface area contributed by atoms with Gasteiger partial charge >= 0.3 is 0 Å². The Bertz CT molecular complexity index is 1070. The first-order valence-corrected chi connectivity index (χ1v) is 10.2. The molecule has 1 aliphatic heterocycles. The van der Waals surface area contributed by atoms with Gasteiger partial charge in [0.05, 0.1) is 17.6 Å². The Balaban J connectivity index is 1.81. The van der Waals surface area contributed by atoms with Crippen molar-refractivity contribution in [2.24, 2.45) is 5.41 Å². The highest BCUT2D eigenvalue weighted by Gasteiger charge is 2.41. The molecule has 0 amide bonds. The van der Waals surface area contributed by atoms with Crippen molar-refractivity contribution >= 4 is 17.1 Å². The number of hydrogen-bond donors (Lipinski definition) is 1. The van der Waals surface area contributed by atoms with Gasteiger partial charge in [0.25, 0.3) is 0 Å². The highest BCUT2D eigenvalue weighted by Crippen LogP contribution is 2.48. The SMILES string of the molecule is CC1=C(C#N)C(c2cc(-c3ccc(F)cc3)cs2)C2=C(CC(C)(C)CC2=O)N1. The van der Waals surface area contributed by atoms with Gasteiger partial charge in [0.15, 0.2) is 5.78 Å². The summed E-state index contributed by atoms with van der Waals surface area (Å²) in [6, 6.07) is 10.7. The van der Waals surface area contributed by atoms with Crippen LogP contribution in [-0.4, -0.2) is 5.78 Å². The molecule has 2 heterocycles. The summed E-state index contributed by atoms with van der Waals surface area (Å²) in [5.74, 6) is -0.488. The lowest BCUT2D eigenvalue weighted by Gasteiger charge is -2.38. The zero-order valence-electron chi connectivity index (χ0n) is 16.1. The van der Waals surface area contributed by atoms with Gasteiger partial charge in [-0.3, -0.25) is 4.79 Å². The quantitative estimate of drug-likeness (QED) is 0.715. The minimum atomic E-state index is -0.330. The molecular weight excluding hydrogens is 371 g/mol. The van der Waals surface area contributed by atoms with Gasteiger partial charge in [-0.25, -0.2) is 4.39 Å². The molecule has 1 atom stereocenters. The molecule has 0 saturated heterocycles. The third-order valence-electron chi connectivity index (χ3n) is 5.44. The van der Waals surface area contributed by atoms with Crippen LogP contribution in [-0.2, 0) is 4.79 Å². The number of ketones is 1. The van der Waals surface area contributed by atoms with E-state index in [0.717, 1.165) is 39.4 Å². The molecule has 0 fully saturated rings. The number of nitriles is 1. The summed E-state index contributed by atoms with van der Waals surface area (Å²) in [4.78, 5) is 14.0. The second-order valence-corrected chi connectivity index (χ2v) is 9.23. The Morgan fingerprint density at radius 1 is 1.21 bits per heavy atom. The first-order valence-electron chi connectivity index (χ1n) is 9.27. The summed E-state index contributed by atoms with van der Waals surface area (Å²) in [6.07, 6.45) is 1.27. The molecule has 1 unspecified atom stereocenters. The van der Waals surface area contributed by atoms with Crippen LogP contribution in [0.4, 0.5) is 4.39 Å². The Hall–Kier alpha value is -2.71. The third-order valence-corrected chi connectivity index (χ3v) is 6.44. The highest BCUT2D eigenvalue weighted by molar-refractivity contribution is 7.10. The summed E-state index contributed by atoms with van der Waals surface area (Å²) >= 11 is 1.54. The van der Waals surface area contributed by atoms with Crippen LogP contribution in [0.3, 0.4) is 0 Å². The van der Waals surface area contributed by atoms with Crippen LogP contribution in [0.1, 0.15) is 44.4 Å². The molecular formula is C23H21FN2OS. The molecule has 3 nitrogen and oxygen atoms in total. The average molecular weight is 392 g/mol. The molecule has 142 valence electrons. The monoisotopic (exact) mass is 392 g/mol. The van der Waals surface area contributed by atoms with Crippen LogP contribution in [0.2, 0.25) is 0 Å². The normalized spacial score (nSPS) is 21.2. The molecule has 1 aromatic carbocycles. The van der Waals surface area contributed by atoms with E-state index in [0.29, 0.717) is 12.0 Å². The number of thiophene rings is 1. The molecule has 2 aromatic rings. The van der Waals surface area contributed by atoms with Gasteiger partial charge in [-0.1, -0.05) is 26.0 Å². The Morgan fingerprint density at radius 3 is 2.61 bits per heavy atom. The predicted octanol–water partition coefficient (Wildman–Crippen LogP) is 5.68. The maximum Gasteiger partial charge on any atom is 0.162 e. The topological polar surface area (TPSA) is 52.9 Å². The van der Waals surface area contributed by atoms with E-state index in [-0.39, 0.29) is 22.9 Å². The van der Waals surface area contributed by atoms with Crippen LogP contribution >= 0.6 is 11.3 Å². The molecule has 1 aliphatic carbocycles. The van der Waals surface area contributed by atoms with E-state index in [1.807, 2.05) is 18.4 Å². The van der Waals surface area contributed by atoms with Crippen molar-refractivity contribution in [3.05, 3.63) is 68.9 Å². The molecule has 0 saturated carbocycles. The van der Waals surface area contributed by atoms with Crippen molar-refractivity contribution in [1.29, 1.82) is 5.26 Å². The van der Waals surface area contributed by atoms with Crippen LogP contribution in [0.15, 0.2) is 58.3 Å². The maximum absolute atomic E-state index is 13.2. The number of halogens is 1. The fourth-order valence-electron chi connectivity index (χ4n) is 4.17. The molecule has 0 bridgehead atoms. The predicted molar refractivity (Wildman–Crippen MR) is 109 cm³/mol. The van der Waals surface area contributed by atoms with Crippen LogP contribution in [0.25, 0.3) is 11.1 Å². The zero-order chi connectivity index (χ0) is 20.1. The van der Waals surface area contributed by atoms with Crippen LogP contribution < -0.4 is 5.32 Å². The van der Waals surface area contributed by atoms with E-state index in [1.165, 1.54) is 12.1 Å². The first-order chi connectivity index (χ1) is 13.3. The van der Waals surface area contributed by atoms with E-state index >= 15 is 0 Å². The van der Waals surface area contributed by atoms with Gasteiger partial charge in [-0.05, 0) is 53.5 Å². The van der Waals surface area contributed by atoms with Crippen molar-refractivity contribution in [2.75, 3.05) is 0 Å². The second kappa shape index (κ2) is 6.72. The third kappa shape index (κ3) is 3.18. The summed E-state index contributed by atoms with van der Waals surface area (Å²) in [5, 5.41) is 15.1. The van der Waals surface area contributed by atoms with E-state index in [2.05, 4.69) is 25.2 Å². The van der Waals surface area contributed by atoms with E-state index in [9.17, 15) is 14.4 Å². The molecule has 5 heteroatoms. The van der Waals surface area contributed by atoms with Gasteiger partial charge in [0.2, 0.25) is 0 Å². The smallest absolute Gasteiger partial charge is 0.162 e. The van der Waals surface area contributed by atoms with Gasteiger partial charge in [0, 0.05) is 28.3 Å². The molecule has 0 radical (unpaired) electrons. The number of rotatable bonds is 2. The number of allylic oxidation sites excluding steroid dienone is 4. The number of nitrogens with one attached hydrogen (secondary N) is 1. The van der Waals surface area contributed by atoms with Crippen molar-refractivity contribution in [2.45, 2.75) is 39.5 Å². The summed E-state index contributed by atoms with van der Waals surface area (Å²) in [5.41, 5.74) is 4.88. The van der Waals surface area contributed by atoms with Gasteiger partial charge in [0.1, 0.15) is 5.82 Å². The molecule has 28 heavy (non-hydrogen) atoms. The first kappa shape index (κ1) is 18.6. The Labute approximate surface area is 168 Å². The fourth-order valence-corrected chi connectivity index (χ4v) is 5.20. The summed E-state index contributed by atoms with van der Waals surface area (Å²) in [6.45, 7) is 6.10. The van der Waals surface area contributed by atoms with Crippen molar-refractivity contribution in [3.63, 3.8) is 0 Å². The largest absolute Gasteiger partial charge is 0.361 e. The van der Waals surface area contributed by atoms with Gasteiger partial charge in [-0.2, -0.15) is 5.26 Å². The van der Waals surface area contributed by atoms with E-state index in [1.54, 1.807) is 23.5 Å². The van der Waals surface area contributed by atoms with Crippen LogP contribution in [0.5, 0.6) is 0 Å². The number of carbonyl (C=O) groups is 1. The summed E-state index contributed by atoms with van der Waals surface area (Å²) < 4.78 is 13.2. The second-order valence-electron chi connectivity index (χ2n) is 8.29. The number of Topliss-reactive ketones (excluding diaryl/α,β-unsaturated/α-hetero) is 1. The molecule has 1 aromatic heterocycles. The minimum Gasteiger partial charge on any atom is -0.361 e. The average Bonchev–Trinajstić information content (AvgIpc) is 3.09. The van der Waals surface area contributed by atoms with Gasteiger partial charge < -0.3 is 5.32 Å². The number of carbonyl (C=O) groups excluding carboxylic acids is 1. The highest BCUT2D eigenvalue weighted by atomic mass is 32.1. The van der Waals surface area contributed by atoms with Crippen molar-refractivity contribution in [3.8, 4) is 17.2 Å². The maximum atomic E-state index is 13.2. The lowest BCUT2D eigenvalue weighted by molar-refractivity contribution is -0.118. The number of dihydropyridines is 1. The fraction of sp³-hybridized carbons (Fsp3) is 0.304. The van der Waals surface area contributed by atoms with Crippen molar-refractivity contribution in [1.82, 2.24) is 5.32 Å². The molecule has 1 N–H and O–H groups in total. The standard InChI is InChI=1S/C23H21FN2OS/c1-13-17(11-25)21(22-18(26-13)9-23(2,3)10-19(22)27)20-8-15(12-28-20)14-4-6-16(24)7-5-14/h4-8,12,21,26H,9-10H2,1-3H3. The van der Waals surface area contributed by atoms with E-state index in [4.69, 9.17) is 0 Å². The number of benzene rings is 1. The Morgan fingerprint density at radius 2 is 1.93 bits per heavy atom. The lowest BCUT2D eigenvalue weighted by atomic mass is 9.70. The number of nitrogens with zero attached hydrogens (tertiary/aromatic N) is 1. The van der Waals surface area contributed by atoms with E-state index < -0.39 is 0 Å². The molecule has 0 spiro atoms.